The van der Waals surface area contributed by atoms with E-state index in [1.807, 2.05) is 67.6 Å². The summed E-state index contributed by atoms with van der Waals surface area (Å²) in [4.78, 5) is 12.7. The molecular formula is C25H20BrClN2O2. The standard InChI is InChI=1S/C25H20BrClN2O2/c1-17(18-7-3-2-4-8-18)29-25(30)21(15-28)13-20-14-22(26)11-12-24(20)31-16-19-9-5-6-10-23(19)27/h2-14,17H,16H2,1H3,(H,29,30)/b21-13-/t17-/m1/s1. The van der Waals surface area contributed by atoms with Gasteiger partial charge in [-0.05, 0) is 42.8 Å². The highest BCUT2D eigenvalue weighted by Gasteiger charge is 2.15. The van der Waals surface area contributed by atoms with Crippen molar-refractivity contribution in [3.8, 4) is 11.8 Å². The van der Waals surface area contributed by atoms with Crippen molar-refractivity contribution in [2.75, 3.05) is 0 Å². The second-order valence-electron chi connectivity index (χ2n) is 6.84. The highest BCUT2D eigenvalue weighted by Crippen LogP contribution is 2.27. The van der Waals surface area contributed by atoms with Crippen LogP contribution in [-0.2, 0) is 11.4 Å². The quantitative estimate of drug-likeness (QED) is 0.302. The number of carbonyl (C=O) groups excluding carboxylic acids is 1. The van der Waals surface area contributed by atoms with Crippen LogP contribution in [0, 0.1) is 11.3 Å². The molecule has 31 heavy (non-hydrogen) atoms. The van der Waals surface area contributed by atoms with E-state index in [-0.39, 0.29) is 18.2 Å². The Hall–Kier alpha value is -3.07. The molecule has 0 heterocycles. The summed E-state index contributed by atoms with van der Waals surface area (Å²) in [6.07, 6.45) is 1.53. The molecular weight excluding hydrogens is 476 g/mol. The SMILES string of the molecule is C[C@@H](NC(=O)/C(C#N)=C\c1cc(Br)ccc1OCc1ccccc1Cl)c1ccccc1. The highest BCUT2D eigenvalue weighted by molar-refractivity contribution is 9.10. The molecule has 6 heteroatoms. The van der Waals surface area contributed by atoms with Crippen molar-refractivity contribution >= 4 is 39.5 Å². The van der Waals surface area contributed by atoms with E-state index in [4.69, 9.17) is 16.3 Å². The van der Waals surface area contributed by atoms with Gasteiger partial charge in [0.15, 0.2) is 0 Å². The summed E-state index contributed by atoms with van der Waals surface area (Å²) in [6.45, 7) is 2.14. The molecule has 3 aromatic carbocycles. The third-order valence-electron chi connectivity index (χ3n) is 4.62. The molecule has 0 spiro atoms. The summed E-state index contributed by atoms with van der Waals surface area (Å²) >= 11 is 9.64. The fourth-order valence-corrected chi connectivity index (χ4v) is 3.51. The van der Waals surface area contributed by atoms with E-state index in [9.17, 15) is 10.1 Å². The van der Waals surface area contributed by atoms with Gasteiger partial charge in [-0.3, -0.25) is 4.79 Å². The van der Waals surface area contributed by atoms with Crippen LogP contribution in [-0.4, -0.2) is 5.91 Å². The molecule has 0 aliphatic rings. The summed E-state index contributed by atoms with van der Waals surface area (Å²) in [5.41, 5.74) is 2.40. The molecule has 3 rings (SSSR count). The van der Waals surface area contributed by atoms with E-state index in [2.05, 4.69) is 21.2 Å². The summed E-state index contributed by atoms with van der Waals surface area (Å²) in [5.74, 6) is 0.0932. The van der Waals surface area contributed by atoms with Crippen molar-refractivity contribution in [2.24, 2.45) is 0 Å². The van der Waals surface area contributed by atoms with Crippen LogP contribution in [0.2, 0.25) is 5.02 Å². The number of nitrogens with one attached hydrogen (secondary N) is 1. The number of rotatable bonds is 7. The fourth-order valence-electron chi connectivity index (χ4n) is 2.94. The lowest BCUT2D eigenvalue weighted by molar-refractivity contribution is -0.117. The lowest BCUT2D eigenvalue weighted by Crippen LogP contribution is -2.27. The van der Waals surface area contributed by atoms with Crippen molar-refractivity contribution in [2.45, 2.75) is 19.6 Å². The Balaban J connectivity index is 1.81. The Kier molecular flexibility index (Phi) is 7.88. The van der Waals surface area contributed by atoms with E-state index < -0.39 is 5.91 Å². The number of benzene rings is 3. The summed E-state index contributed by atoms with van der Waals surface area (Å²) in [6, 6.07) is 24.2. The molecule has 0 bridgehead atoms. The number of hydrogen-bond donors (Lipinski definition) is 1. The van der Waals surface area contributed by atoms with Crippen molar-refractivity contribution in [3.63, 3.8) is 0 Å². The minimum atomic E-state index is -0.448. The Labute approximate surface area is 195 Å². The van der Waals surface area contributed by atoms with Crippen molar-refractivity contribution < 1.29 is 9.53 Å². The maximum Gasteiger partial charge on any atom is 0.262 e. The monoisotopic (exact) mass is 494 g/mol. The van der Waals surface area contributed by atoms with Crippen LogP contribution in [0.5, 0.6) is 5.75 Å². The fraction of sp³-hybridized carbons (Fsp3) is 0.120. The molecule has 0 aliphatic heterocycles. The first-order valence-electron chi connectivity index (χ1n) is 9.61. The molecule has 0 aromatic heterocycles. The smallest absolute Gasteiger partial charge is 0.262 e. The summed E-state index contributed by atoms with van der Waals surface area (Å²) in [5, 5.41) is 13.1. The lowest BCUT2D eigenvalue weighted by atomic mass is 10.1. The number of ether oxygens (including phenoxy) is 1. The van der Waals surface area contributed by atoms with Gasteiger partial charge in [-0.15, -0.1) is 0 Å². The number of amides is 1. The number of carbonyl (C=O) groups is 1. The zero-order chi connectivity index (χ0) is 22.2. The molecule has 4 nitrogen and oxygen atoms in total. The first-order valence-corrected chi connectivity index (χ1v) is 10.8. The van der Waals surface area contributed by atoms with Gasteiger partial charge < -0.3 is 10.1 Å². The first kappa shape index (κ1) is 22.6. The minimum Gasteiger partial charge on any atom is -0.488 e. The maximum absolute atomic E-state index is 12.7. The average molecular weight is 496 g/mol. The van der Waals surface area contributed by atoms with E-state index in [0.717, 1.165) is 15.6 Å². The van der Waals surface area contributed by atoms with Gasteiger partial charge in [-0.2, -0.15) is 5.26 Å². The maximum atomic E-state index is 12.7. The largest absolute Gasteiger partial charge is 0.488 e. The predicted octanol–water partition coefficient (Wildman–Crippen LogP) is 6.47. The van der Waals surface area contributed by atoms with Gasteiger partial charge in [0.05, 0.1) is 6.04 Å². The van der Waals surface area contributed by atoms with Gasteiger partial charge in [-0.1, -0.05) is 76.1 Å². The number of hydrogen-bond acceptors (Lipinski definition) is 3. The molecule has 156 valence electrons. The number of halogens is 2. The molecule has 1 N–H and O–H groups in total. The number of nitriles is 1. The van der Waals surface area contributed by atoms with Gasteiger partial charge >= 0.3 is 0 Å². The van der Waals surface area contributed by atoms with E-state index in [1.165, 1.54) is 6.08 Å². The van der Waals surface area contributed by atoms with Crippen LogP contribution in [0.3, 0.4) is 0 Å². The second kappa shape index (κ2) is 10.8. The Morgan fingerprint density at radius 3 is 2.58 bits per heavy atom. The molecule has 0 saturated carbocycles. The highest BCUT2D eigenvalue weighted by atomic mass is 79.9. The van der Waals surface area contributed by atoms with Crippen LogP contribution in [0.25, 0.3) is 6.08 Å². The van der Waals surface area contributed by atoms with Crippen LogP contribution in [0.4, 0.5) is 0 Å². The molecule has 0 aliphatic carbocycles. The van der Waals surface area contributed by atoms with E-state index >= 15 is 0 Å². The Morgan fingerprint density at radius 1 is 1.16 bits per heavy atom. The molecule has 1 amide bonds. The summed E-state index contributed by atoms with van der Waals surface area (Å²) < 4.78 is 6.75. The zero-order valence-electron chi connectivity index (χ0n) is 16.8. The topological polar surface area (TPSA) is 62.1 Å². The average Bonchev–Trinajstić information content (AvgIpc) is 2.78. The zero-order valence-corrected chi connectivity index (χ0v) is 19.2. The van der Waals surface area contributed by atoms with Gasteiger partial charge in [0.25, 0.3) is 5.91 Å². The molecule has 0 radical (unpaired) electrons. The van der Waals surface area contributed by atoms with Gasteiger partial charge in [-0.25, -0.2) is 0 Å². The third-order valence-corrected chi connectivity index (χ3v) is 5.49. The molecule has 0 unspecified atom stereocenters. The predicted molar refractivity (Wildman–Crippen MR) is 127 cm³/mol. The van der Waals surface area contributed by atoms with Crippen LogP contribution in [0.1, 0.15) is 29.7 Å². The van der Waals surface area contributed by atoms with E-state index in [0.29, 0.717) is 16.3 Å². The minimum absolute atomic E-state index is 0.0107. The molecule has 1 atom stereocenters. The number of nitrogens with zero attached hydrogens (tertiary/aromatic N) is 1. The lowest BCUT2D eigenvalue weighted by Gasteiger charge is -2.14. The van der Waals surface area contributed by atoms with Gasteiger partial charge in [0, 0.05) is 20.6 Å². The molecule has 0 saturated heterocycles. The first-order chi connectivity index (χ1) is 15.0. The Bertz CT molecular complexity index is 1140. The summed E-state index contributed by atoms with van der Waals surface area (Å²) in [7, 11) is 0. The van der Waals surface area contributed by atoms with Crippen molar-refractivity contribution in [1.29, 1.82) is 5.26 Å². The van der Waals surface area contributed by atoms with Crippen LogP contribution in [0.15, 0.2) is 82.8 Å². The van der Waals surface area contributed by atoms with Gasteiger partial charge in [0.2, 0.25) is 0 Å². The Morgan fingerprint density at radius 2 is 1.87 bits per heavy atom. The van der Waals surface area contributed by atoms with E-state index in [1.54, 1.807) is 18.2 Å². The molecule has 3 aromatic rings. The molecule has 0 fully saturated rings. The van der Waals surface area contributed by atoms with Crippen LogP contribution < -0.4 is 10.1 Å². The van der Waals surface area contributed by atoms with Crippen LogP contribution >= 0.6 is 27.5 Å². The second-order valence-corrected chi connectivity index (χ2v) is 8.16. The normalized spacial score (nSPS) is 12.0. The van der Waals surface area contributed by atoms with Crippen molar-refractivity contribution in [3.05, 3.63) is 105 Å². The van der Waals surface area contributed by atoms with Crippen molar-refractivity contribution in [1.82, 2.24) is 5.32 Å². The third kappa shape index (κ3) is 6.21. The van der Waals surface area contributed by atoms with Gasteiger partial charge in [0.1, 0.15) is 24.0 Å².